The standard InChI is InChI=1S/C12H14N4O3/c1-12(2,7-8-13)15-11(17)14-9-3-5-10(6-4-9)16(18)19/h3-6H,7H2,1-2H3,(H2,14,15,17). The van der Waals surface area contributed by atoms with Crippen molar-refractivity contribution < 1.29 is 9.72 Å². The summed E-state index contributed by atoms with van der Waals surface area (Å²) in [5, 5.41) is 24.2. The predicted octanol–water partition coefficient (Wildman–Crippen LogP) is 2.41. The number of nitro benzene ring substituents is 1. The van der Waals surface area contributed by atoms with Crippen molar-refractivity contribution in [2.24, 2.45) is 0 Å². The summed E-state index contributed by atoms with van der Waals surface area (Å²) in [5.74, 6) is 0. The van der Waals surface area contributed by atoms with E-state index < -0.39 is 16.5 Å². The van der Waals surface area contributed by atoms with Crippen LogP contribution in [0.3, 0.4) is 0 Å². The summed E-state index contributed by atoms with van der Waals surface area (Å²) in [6.45, 7) is 3.46. The Bertz CT molecular complexity index is 517. The van der Waals surface area contributed by atoms with E-state index in [9.17, 15) is 14.9 Å². The summed E-state index contributed by atoms with van der Waals surface area (Å²) >= 11 is 0. The van der Waals surface area contributed by atoms with Gasteiger partial charge in [-0.05, 0) is 26.0 Å². The third-order valence-corrected chi connectivity index (χ3v) is 2.31. The lowest BCUT2D eigenvalue weighted by Crippen LogP contribution is -2.45. The molecule has 0 radical (unpaired) electrons. The average molecular weight is 262 g/mol. The maximum absolute atomic E-state index is 11.7. The summed E-state index contributed by atoms with van der Waals surface area (Å²) in [5.41, 5.74) is -0.244. The van der Waals surface area contributed by atoms with Gasteiger partial charge in [-0.2, -0.15) is 5.26 Å². The minimum absolute atomic E-state index is 0.0456. The molecule has 1 rings (SSSR count). The zero-order chi connectivity index (χ0) is 14.5. The Morgan fingerprint density at radius 3 is 2.47 bits per heavy atom. The van der Waals surface area contributed by atoms with Crippen molar-refractivity contribution in [2.45, 2.75) is 25.8 Å². The van der Waals surface area contributed by atoms with Crippen LogP contribution in [0.2, 0.25) is 0 Å². The number of nitro groups is 1. The van der Waals surface area contributed by atoms with Crippen LogP contribution < -0.4 is 10.6 Å². The third-order valence-electron chi connectivity index (χ3n) is 2.31. The van der Waals surface area contributed by atoms with Crippen LogP contribution in [0.15, 0.2) is 24.3 Å². The Kier molecular flexibility index (Phi) is 4.42. The SMILES string of the molecule is CC(C)(CC#N)NC(=O)Nc1ccc([N+](=O)[O-])cc1. The van der Waals surface area contributed by atoms with Crippen LogP contribution in [0.4, 0.5) is 16.2 Å². The molecule has 0 heterocycles. The van der Waals surface area contributed by atoms with Gasteiger partial charge >= 0.3 is 6.03 Å². The van der Waals surface area contributed by atoms with E-state index in [0.29, 0.717) is 5.69 Å². The van der Waals surface area contributed by atoms with Crippen molar-refractivity contribution in [3.05, 3.63) is 34.4 Å². The fraction of sp³-hybridized carbons (Fsp3) is 0.333. The largest absolute Gasteiger partial charge is 0.332 e. The molecule has 0 spiro atoms. The summed E-state index contributed by atoms with van der Waals surface area (Å²) in [4.78, 5) is 21.6. The number of nitrogens with one attached hydrogen (secondary N) is 2. The number of hydrogen-bond acceptors (Lipinski definition) is 4. The molecule has 0 aliphatic carbocycles. The Balaban J connectivity index is 2.63. The van der Waals surface area contributed by atoms with Crippen LogP contribution in [-0.4, -0.2) is 16.5 Å². The summed E-state index contributed by atoms with van der Waals surface area (Å²) in [6, 6.07) is 7.00. The van der Waals surface area contributed by atoms with E-state index in [1.165, 1.54) is 24.3 Å². The molecule has 2 amide bonds. The molecule has 0 saturated heterocycles. The lowest BCUT2D eigenvalue weighted by molar-refractivity contribution is -0.384. The van der Waals surface area contributed by atoms with Crippen molar-refractivity contribution in [3.63, 3.8) is 0 Å². The number of hydrogen-bond donors (Lipinski definition) is 2. The molecule has 0 aliphatic rings. The van der Waals surface area contributed by atoms with E-state index >= 15 is 0 Å². The number of urea groups is 1. The number of carbonyl (C=O) groups is 1. The van der Waals surface area contributed by atoms with E-state index in [2.05, 4.69) is 10.6 Å². The summed E-state index contributed by atoms with van der Waals surface area (Å²) in [6.07, 6.45) is 0.181. The molecule has 7 nitrogen and oxygen atoms in total. The van der Waals surface area contributed by atoms with Gasteiger partial charge in [0.2, 0.25) is 0 Å². The van der Waals surface area contributed by atoms with E-state index in [1.54, 1.807) is 13.8 Å². The Morgan fingerprint density at radius 1 is 1.42 bits per heavy atom. The maximum atomic E-state index is 11.7. The number of amides is 2. The quantitative estimate of drug-likeness (QED) is 0.641. The zero-order valence-corrected chi connectivity index (χ0v) is 10.6. The molecule has 1 aromatic rings. The first kappa shape index (κ1) is 14.4. The van der Waals surface area contributed by atoms with Crippen molar-refractivity contribution in [2.75, 3.05) is 5.32 Å². The second kappa shape index (κ2) is 5.82. The topological polar surface area (TPSA) is 108 Å². The molecule has 0 aliphatic heterocycles. The highest BCUT2D eigenvalue weighted by molar-refractivity contribution is 5.89. The third kappa shape index (κ3) is 4.63. The first-order chi connectivity index (χ1) is 8.84. The summed E-state index contributed by atoms with van der Waals surface area (Å²) < 4.78 is 0. The number of benzene rings is 1. The smallest absolute Gasteiger partial charge is 0.319 e. The number of rotatable bonds is 4. The highest BCUT2D eigenvalue weighted by Crippen LogP contribution is 2.15. The van der Waals surface area contributed by atoms with Crippen molar-refractivity contribution >= 4 is 17.4 Å². The number of nitriles is 1. The maximum Gasteiger partial charge on any atom is 0.319 e. The van der Waals surface area contributed by atoms with Crippen LogP contribution in [0.1, 0.15) is 20.3 Å². The van der Waals surface area contributed by atoms with Gasteiger partial charge in [0.25, 0.3) is 5.69 Å². The van der Waals surface area contributed by atoms with Crippen LogP contribution in [0.5, 0.6) is 0 Å². The van der Waals surface area contributed by atoms with Gasteiger partial charge in [0.15, 0.2) is 0 Å². The zero-order valence-electron chi connectivity index (χ0n) is 10.6. The van der Waals surface area contributed by atoms with Gasteiger partial charge in [-0.25, -0.2) is 4.79 Å². The van der Waals surface area contributed by atoms with Crippen LogP contribution in [0, 0.1) is 21.4 Å². The molecular formula is C12H14N4O3. The molecule has 0 aromatic heterocycles. The minimum Gasteiger partial charge on any atom is -0.332 e. The minimum atomic E-state index is -0.639. The molecule has 19 heavy (non-hydrogen) atoms. The van der Waals surface area contributed by atoms with Gasteiger partial charge in [-0.3, -0.25) is 10.1 Å². The molecule has 1 aromatic carbocycles. The van der Waals surface area contributed by atoms with Crippen LogP contribution >= 0.6 is 0 Å². The molecule has 0 saturated carbocycles. The molecule has 100 valence electrons. The highest BCUT2D eigenvalue weighted by Gasteiger charge is 2.19. The average Bonchev–Trinajstić information content (AvgIpc) is 2.28. The fourth-order valence-electron chi connectivity index (χ4n) is 1.38. The van der Waals surface area contributed by atoms with Crippen molar-refractivity contribution in [3.8, 4) is 6.07 Å². The molecule has 0 atom stereocenters. The molecule has 7 heteroatoms. The monoisotopic (exact) mass is 262 g/mol. The predicted molar refractivity (Wildman–Crippen MR) is 69.6 cm³/mol. The van der Waals surface area contributed by atoms with Gasteiger partial charge in [-0.15, -0.1) is 0 Å². The summed E-state index contributed by atoms with van der Waals surface area (Å²) in [7, 11) is 0. The fourth-order valence-corrected chi connectivity index (χ4v) is 1.38. The van der Waals surface area contributed by atoms with Crippen LogP contribution in [-0.2, 0) is 0 Å². The molecule has 0 unspecified atom stereocenters. The Morgan fingerprint density at radius 2 is 2.00 bits per heavy atom. The van der Waals surface area contributed by atoms with E-state index in [0.717, 1.165) is 0 Å². The van der Waals surface area contributed by atoms with Gasteiger partial charge in [0.1, 0.15) is 0 Å². The number of carbonyl (C=O) groups excluding carboxylic acids is 1. The lowest BCUT2D eigenvalue weighted by Gasteiger charge is -2.23. The number of nitrogens with zero attached hydrogens (tertiary/aromatic N) is 2. The number of non-ortho nitro benzene ring substituents is 1. The van der Waals surface area contributed by atoms with Gasteiger partial charge < -0.3 is 10.6 Å². The van der Waals surface area contributed by atoms with Gasteiger partial charge in [-0.1, -0.05) is 0 Å². The molecular weight excluding hydrogens is 248 g/mol. The molecule has 0 bridgehead atoms. The second-order valence-electron chi connectivity index (χ2n) is 4.60. The van der Waals surface area contributed by atoms with E-state index in [-0.39, 0.29) is 12.1 Å². The van der Waals surface area contributed by atoms with Gasteiger partial charge in [0.05, 0.1) is 17.4 Å². The Hall–Kier alpha value is -2.62. The highest BCUT2D eigenvalue weighted by atomic mass is 16.6. The normalized spacial score (nSPS) is 10.4. The first-order valence-electron chi connectivity index (χ1n) is 5.54. The Labute approximate surface area is 110 Å². The van der Waals surface area contributed by atoms with Crippen molar-refractivity contribution in [1.82, 2.24) is 5.32 Å². The van der Waals surface area contributed by atoms with E-state index in [1.807, 2.05) is 6.07 Å². The molecule has 2 N–H and O–H groups in total. The van der Waals surface area contributed by atoms with E-state index in [4.69, 9.17) is 5.26 Å². The lowest BCUT2D eigenvalue weighted by atomic mass is 10.0. The molecule has 0 fully saturated rings. The van der Waals surface area contributed by atoms with Crippen LogP contribution in [0.25, 0.3) is 0 Å². The number of anilines is 1. The first-order valence-corrected chi connectivity index (χ1v) is 5.54. The van der Waals surface area contributed by atoms with Gasteiger partial charge in [0, 0.05) is 23.4 Å². The van der Waals surface area contributed by atoms with Crippen molar-refractivity contribution in [1.29, 1.82) is 5.26 Å². The second-order valence-corrected chi connectivity index (χ2v) is 4.60.